The summed E-state index contributed by atoms with van der Waals surface area (Å²) in [5.41, 5.74) is 3.13. The van der Waals surface area contributed by atoms with Gasteiger partial charge in [-0.05, 0) is 43.7 Å². The van der Waals surface area contributed by atoms with E-state index in [0.717, 1.165) is 33.6 Å². The summed E-state index contributed by atoms with van der Waals surface area (Å²) in [6, 6.07) is 6.36. The number of nitrogens with one attached hydrogen (secondary N) is 1. The van der Waals surface area contributed by atoms with Crippen LogP contribution in [0, 0.1) is 6.92 Å². The lowest BCUT2D eigenvalue weighted by Crippen LogP contribution is -2.08. The van der Waals surface area contributed by atoms with Crippen LogP contribution < -0.4 is 10.1 Å². The molecular formula is C16H20BrN3O. The van der Waals surface area contributed by atoms with Crippen molar-refractivity contribution in [1.29, 1.82) is 0 Å². The predicted octanol–water partition coefficient (Wildman–Crippen LogP) is 4.18. The van der Waals surface area contributed by atoms with E-state index in [9.17, 15) is 0 Å². The van der Waals surface area contributed by atoms with E-state index >= 15 is 0 Å². The quantitative estimate of drug-likeness (QED) is 0.879. The molecule has 0 atom stereocenters. The fourth-order valence-corrected chi connectivity index (χ4v) is 2.42. The standard InChI is InChI=1S/C16H20BrN3O/c1-10(2)14-7-13(17)5-6-15(14)21-16-19-9-12(8-18-4)11(3)20-16/h5-7,9-10,18H,8H2,1-4H3. The maximum Gasteiger partial charge on any atom is 0.322 e. The topological polar surface area (TPSA) is 47.0 Å². The highest BCUT2D eigenvalue weighted by molar-refractivity contribution is 9.10. The molecule has 1 aromatic carbocycles. The molecule has 1 heterocycles. The van der Waals surface area contributed by atoms with Crippen LogP contribution in [-0.2, 0) is 6.54 Å². The number of aryl methyl sites for hydroxylation is 1. The molecular weight excluding hydrogens is 330 g/mol. The molecule has 4 nitrogen and oxygen atoms in total. The summed E-state index contributed by atoms with van der Waals surface area (Å²) in [6.45, 7) is 6.99. The Morgan fingerprint density at radius 1 is 1.33 bits per heavy atom. The molecule has 0 spiro atoms. The lowest BCUT2D eigenvalue weighted by molar-refractivity contribution is 0.431. The van der Waals surface area contributed by atoms with E-state index in [1.54, 1.807) is 0 Å². The van der Waals surface area contributed by atoms with Crippen molar-refractivity contribution in [2.75, 3.05) is 7.05 Å². The molecule has 0 fully saturated rings. The van der Waals surface area contributed by atoms with Gasteiger partial charge < -0.3 is 10.1 Å². The summed E-state index contributed by atoms with van der Waals surface area (Å²) < 4.78 is 6.92. The van der Waals surface area contributed by atoms with E-state index in [2.05, 4.69) is 51.1 Å². The van der Waals surface area contributed by atoms with E-state index in [1.165, 1.54) is 0 Å². The van der Waals surface area contributed by atoms with Gasteiger partial charge in [0.15, 0.2) is 0 Å². The van der Waals surface area contributed by atoms with E-state index in [-0.39, 0.29) is 0 Å². The van der Waals surface area contributed by atoms with Crippen molar-refractivity contribution in [3.63, 3.8) is 0 Å². The molecule has 5 heteroatoms. The molecule has 0 saturated carbocycles. The third kappa shape index (κ3) is 4.02. The Morgan fingerprint density at radius 2 is 2.10 bits per heavy atom. The summed E-state index contributed by atoms with van der Waals surface area (Å²) >= 11 is 3.49. The first kappa shape index (κ1) is 15.9. The Kier molecular flexibility index (Phi) is 5.31. The highest BCUT2D eigenvalue weighted by atomic mass is 79.9. The van der Waals surface area contributed by atoms with E-state index in [4.69, 9.17) is 4.74 Å². The monoisotopic (exact) mass is 349 g/mol. The molecule has 0 unspecified atom stereocenters. The van der Waals surface area contributed by atoms with Crippen molar-refractivity contribution in [3.8, 4) is 11.8 Å². The summed E-state index contributed by atoms with van der Waals surface area (Å²) in [4.78, 5) is 8.72. The molecule has 0 amide bonds. The number of ether oxygens (including phenoxy) is 1. The molecule has 0 radical (unpaired) electrons. The van der Waals surface area contributed by atoms with Gasteiger partial charge in [0.1, 0.15) is 5.75 Å². The fourth-order valence-electron chi connectivity index (χ4n) is 2.05. The van der Waals surface area contributed by atoms with Gasteiger partial charge in [0, 0.05) is 28.5 Å². The van der Waals surface area contributed by atoms with Gasteiger partial charge in [0.05, 0.1) is 0 Å². The number of hydrogen-bond acceptors (Lipinski definition) is 4. The normalized spacial score (nSPS) is 11.0. The maximum absolute atomic E-state index is 5.88. The third-order valence-electron chi connectivity index (χ3n) is 3.22. The van der Waals surface area contributed by atoms with Crippen molar-refractivity contribution in [2.45, 2.75) is 33.2 Å². The van der Waals surface area contributed by atoms with Crippen LogP contribution in [0.4, 0.5) is 0 Å². The second-order valence-electron chi connectivity index (χ2n) is 5.23. The molecule has 0 bridgehead atoms. The van der Waals surface area contributed by atoms with Crippen LogP contribution >= 0.6 is 15.9 Å². The van der Waals surface area contributed by atoms with Crippen LogP contribution in [-0.4, -0.2) is 17.0 Å². The zero-order valence-corrected chi connectivity index (χ0v) is 14.4. The molecule has 1 N–H and O–H groups in total. The SMILES string of the molecule is CNCc1cnc(Oc2ccc(Br)cc2C(C)C)nc1C. The van der Waals surface area contributed by atoms with Gasteiger partial charge >= 0.3 is 6.01 Å². The van der Waals surface area contributed by atoms with E-state index in [0.29, 0.717) is 11.9 Å². The molecule has 21 heavy (non-hydrogen) atoms. The van der Waals surface area contributed by atoms with E-state index in [1.807, 2.05) is 32.3 Å². The Bertz CT molecular complexity index is 629. The van der Waals surface area contributed by atoms with Crippen LogP contribution in [0.1, 0.15) is 36.6 Å². The lowest BCUT2D eigenvalue weighted by Gasteiger charge is -2.14. The van der Waals surface area contributed by atoms with Crippen molar-refractivity contribution in [1.82, 2.24) is 15.3 Å². The minimum Gasteiger partial charge on any atom is -0.424 e. The van der Waals surface area contributed by atoms with Crippen LogP contribution in [0.15, 0.2) is 28.9 Å². The number of aromatic nitrogens is 2. The van der Waals surface area contributed by atoms with Crippen molar-refractivity contribution >= 4 is 15.9 Å². The number of nitrogens with zero attached hydrogens (tertiary/aromatic N) is 2. The molecule has 112 valence electrons. The number of hydrogen-bond donors (Lipinski definition) is 1. The van der Waals surface area contributed by atoms with Crippen molar-refractivity contribution in [3.05, 3.63) is 45.7 Å². The van der Waals surface area contributed by atoms with Gasteiger partial charge in [-0.3, -0.25) is 0 Å². The molecule has 2 aromatic rings. The van der Waals surface area contributed by atoms with Gasteiger partial charge in [0.2, 0.25) is 0 Å². The predicted molar refractivity (Wildman–Crippen MR) is 87.8 cm³/mol. The van der Waals surface area contributed by atoms with Gasteiger partial charge in [-0.1, -0.05) is 29.8 Å². The summed E-state index contributed by atoms with van der Waals surface area (Å²) in [7, 11) is 1.90. The van der Waals surface area contributed by atoms with Gasteiger partial charge in [0.25, 0.3) is 0 Å². The van der Waals surface area contributed by atoms with Crippen LogP contribution in [0.5, 0.6) is 11.8 Å². The third-order valence-corrected chi connectivity index (χ3v) is 3.71. The Hall–Kier alpha value is -1.46. The maximum atomic E-state index is 5.88. The van der Waals surface area contributed by atoms with Crippen LogP contribution in [0.25, 0.3) is 0 Å². The first-order valence-electron chi connectivity index (χ1n) is 6.95. The minimum absolute atomic E-state index is 0.363. The summed E-state index contributed by atoms with van der Waals surface area (Å²) in [6.07, 6.45) is 1.81. The number of benzene rings is 1. The summed E-state index contributed by atoms with van der Waals surface area (Å²) in [5, 5.41) is 3.10. The van der Waals surface area contributed by atoms with Gasteiger partial charge in [-0.2, -0.15) is 4.98 Å². The minimum atomic E-state index is 0.363. The Balaban J connectivity index is 2.28. The van der Waals surface area contributed by atoms with Gasteiger partial charge in [-0.25, -0.2) is 4.98 Å². The zero-order chi connectivity index (χ0) is 15.4. The molecule has 0 aliphatic heterocycles. The molecule has 2 rings (SSSR count). The first-order chi connectivity index (χ1) is 10.0. The molecule has 1 aromatic heterocycles. The molecule has 0 saturated heterocycles. The van der Waals surface area contributed by atoms with Crippen LogP contribution in [0.2, 0.25) is 0 Å². The smallest absolute Gasteiger partial charge is 0.322 e. The largest absolute Gasteiger partial charge is 0.424 e. The average molecular weight is 350 g/mol. The van der Waals surface area contributed by atoms with Gasteiger partial charge in [-0.15, -0.1) is 0 Å². The number of rotatable bonds is 5. The Labute approximate surface area is 134 Å². The highest BCUT2D eigenvalue weighted by Crippen LogP contribution is 2.31. The summed E-state index contributed by atoms with van der Waals surface area (Å²) in [5.74, 6) is 1.16. The highest BCUT2D eigenvalue weighted by Gasteiger charge is 2.11. The van der Waals surface area contributed by atoms with Crippen LogP contribution in [0.3, 0.4) is 0 Å². The van der Waals surface area contributed by atoms with Crippen molar-refractivity contribution in [2.24, 2.45) is 0 Å². The van der Waals surface area contributed by atoms with Crippen molar-refractivity contribution < 1.29 is 4.74 Å². The molecule has 0 aliphatic carbocycles. The van der Waals surface area contributed by atoms with E-state index < -0.39 is 0 Å². The second-order valence-corrected chi connectivity index (χ2v) is 6.15. The zero-order valence-electron chi connectivity index (χ0n) is 12.8. The fraction of sp³-hybridized carbons (Fsp3) is 0.375. The molecule has 0 aliphatic rings. The average Bonchev–Trinajstić information content (AvgIpc) is 2.44. The lowest BCUT2D eigenvalue weighted by atomic mass is 10.0. The first-order valence-corrected chi connectivity index (χ1v) is 7.75. The second kappa shape index (κ2) is 7.00. The Morgan fingerprint density at radius 3 is 2.71 bits per heavy atom. The number of halogens is 1.